The summed E-state index contributed by atoms with van der Waals surface area (Å²) >= 11 is 0. The van der Waals surface area contributed by atoms with Crippen LogP contribution in [0, 0.1) is 5.82 Å². The van der Waals surface area contributed by atoms with Crippen LogP contribution in [0.4, 0.5) is 36.4 Å². The minimum absolute atomic E-state index is 0.0360. The fourth-order valence-corrected chi connectivity index (χ4v) is 4.21. The second kappa shape index (κ2) is 11.3. The molecule has 4 aromatic rings. The first kappa shape index (κ1) is 29.6. The lowest BCUT2D eigenvalue weighted by Gasteiger charge is -2.23. The average Bonchev–Trinajstić information content (AvgIpc) is 2.88. The normalized spacial score (nSPS) is 13.8. The van der Waals surface area contributed by atoms with Crippen molar-refractivity contribution in [1.29, 1.82) is 0 Å². The zero-order valence-corrected chi connectivity index (χ0v) is 21.3. The molecule has 3 aromatic heterocycles. The van der Waals surface area contributed by atoms with Gasteiger partial charge in [-0.2, -0.15) is 31.4 Å². The molecule has 2 unspecified atom stereocenters. The number of hydrogen-bond acceptors (Lipinski definition) is 7. The van der Waals surface area contributed by atoms with E-state index >= 15 is 0 Å². The molecule has 0 spiro atoms. The number of alkyl halides is 6. The van der Waals surface area contributed by atoms with Gasteiger partial charge in [-0.05, 0) is 36.9 Å². The molecule has 0 aliphatic rings. The standard InChI is InChI=1S/C25H21F7N6O3/c1-12(36-19-10-35-37-22(39)20(19)25(30,31)32)5-15(41-2)11-38-4-3-13-6-17(18(26)7-16(13)23(38)40)21-33-8-14(9-34-21)24(27,28)29/h3-4,6-10,12,15H,5,11H2,1-2H3,(H2,36,37,39). The molecule has 9 nitrogen and oxygen atoms in total. The van der Waals surface area contributed by atoms with Crippen LogP contribution in [0.1, 0.15) is 24.5 Å². The Morgan fingerprint density at radius 2 is 1.73 bits per heavy atom. The summed E-state index contributed by atoms with van der Waals surface area (Å²) in [5, 5.41) is 7.99. The third-order valence-electron chi connectivity index (χ3n) is 6.18. The van der Waals surface area contributed by atoms with E-state index in [1.54, 1.807) is 12.0 Å². The van der Waals surface area contributed by atoms with Crippen molar-refractivity contribution in [2.45, 2.75) is 44.4 Å². The van der Waals surface area contributed by atoms with Crippen molar-refractivity contribution in [3.8, 4) is 11.4 Å². The highest BCUT2D eigenvalue weighted by Crippen LogP contribution is 2.32. The van der Waals surface area contributed by atoms with Gasteiger partial charge >= 0.3 is 12.4 Å². The van der Waals surface area contributed by atoms with E-state index in [9.17, 15) is 40.3 Å². The van der Waals surface area contributed by atoms with Gasteiger partial charge in [-0.3, -0.25) is 9.59 Å². The Hall–Kier alpha value is -4.34. The average molecular weight is 586 g/mol. The van der Waals surface area contributed by atoms with Crippen molar-refractivity contribution in [2.75, 3.05) is 12.4 Å². The highest BCUT2D eigenvalue weighted by Gasteiger charge is 2.37. The monoisotopic (exact) mass is 586 g/mol. The molecule has 4 rings (SSSR count). The van der Waals surface area contributed by atoms with Crippen LogP contribution in [-0.2, 0) is 23.6 Å². The Labute approximate surface area is 226 Å². The summed E-state index contributed by atoms with van der Waals surface area (Å²) in [7, 11) is 1.34. The van der Waals surface area contributed by atoms with Gasteiger partial charge in [-0.15, -0.1) is 0 Å². The number of fused-ring (bicyclic) bond motifs is 1. The quantitative estimate of drug-likeness (QED) is 0.290. The first-order valence-corrected chi connectivity index (χ1v) is 11.9. The van der Waals surface area contributed by atoms with Crippen molar-refractivity contribution in [3.63, 3.8) is 0 Å². The Balaban J connectivity index is 1.54. The molecule has 0 fully saturated rings. The van der Waals surface area contributed by atoms with E-state index in [1.165, 1.54) is 30.0 Å². The van der Waals surface area contributed by atoms with Crippen LogP contribution in [0.3, 0.4) is 0 Å². The molecule has 0 bridgehead atoms. The third kappa shape index (κ3) is 6.53. The number of H-pyrrole nitrogens is 1. The second-order valence-electron chi connectivity index (χ2n) is 9.11. The number of nitrogens with zero attached hydrogens (tertiary/aromatic N) is 4. The molecule has 0 saturated heterocycles. The molecule has 2 atom stereocenters. The van der Waals surface area contributed by atoms with Crippen LogP contribution >= 0.6 is 0 Å². The molecule has 0 aliphatic carbocycles. The summed E-state index contributed by atoms with van der Waals surface area (Å²) in [5.41, 5.74) is -5.26. The first-order chi connectivity index (χ1) is 19.2. The predicted octanol–water partition coefficient (Wildman–Crippen LogP) is 4.62. The number of aromatic amines is 1. The van der Waals surface area contributed by atoms with E-state index in [2.05, 4.69) is 20.4 Å². The SMILES string of the molecule is COC(CC(C)Nc1cn[nH]c(=O)c1C(F)(F)F)Cn1ccc2cc(-c3ncc(C(F)(F)F)cn3)c(F)cc2c1=O. The van der Waals surface area contributed by atoms with Crippen molar-refractivity contribution >= 4 is 16.5 Å². The number of aromatic nitrogens is 5. The van der Waals surface area contributed by atoms with Gasteiger partial charge in [0.25, 0.3) is 11.1 Å². The fourth-order valence-electron chi connectivity index (χ4n) is 4.21. The summed E-state index contributed by atoms with van der Waals surface area (Å²) < 4.78 is 99.9. The molecular weight excluding hydrogens is 565 g/mol. The highest BCUT2D eigenvalue weighted by molar-refractivity contribution is 5.86. The number of pyridine rings is 1. The maximum absolute atomic E-state index is 14.9. The smallest absolute Gasteiger partial charge is 0.381 e. The van der Waals surface area contributed by atoms with Gasteiger partial charge < -0.3 is 14.6 Å². The number of hydrogen-bond donors (Lipinski definition) is 2. The molecule has 1 aromatic carbocycles. The zero-order valence-electron chi connectivity index (χ0n) is 21.3. The lowest BCUT2D eigenvalue weighted by atomic mass is 10.1. The maximum Gasteiger partial charge on any atom is 0.423 e. The largest absolute Gasteiger partial charge is 0.423 e. The molecule has 0 saturated carbocycles. The zero-order chi connectivity index (χ0) is 30.1. The predicted molar refractivity (Wildman–Crippen MR) is 133 cm³/mol. The minimum atomic E-state index is -4.93. The first-order valence-electron chi connectivity index (χ1n) is 11.9. The lowest BCUT2D eigenvalue weighted by molar-refractivity contribution is -0.139. The van der Waals surface area contributed by atoms with E-state index in [0.29, 0.717) is 12.4 Å². The summed E-state index contributed by atoms with van der Waals surface area (Å²) in [4.78, 5) is 32.0. The summed E-state index contributed by atoms with van der Waals surface area (Å²) in [6.07, 6.45) is -6.89. The molecule has 16 heteroatoms. The van der Waals surface area contributed by atoms with Crippen molar-refractivity contribution < 1.29 is 35.5 Å². The maximum atomic E-state index is 14.9. The van der Waals surface area contributed by atoms with Gasteiger partial charge in [0.05, 0.1) is 41.0 Å². The van der Waals surface area contributed by atoms with Crippen LogP contribution in [0.15, 0.2) is 52.6 Å². The third-order valence-corrected chi connectivity index (χ3v) is 6.18. The van der Waals surface area contributed by atoms with E-state index in [1.807, 2.05) is 0 Å². The molecule has 218 valence electrons. The number of benzene rings is 1. The van der Waals surface area contributed by atoms with Crippen LogP contribution in [0.25, 0.3) is 22.2 Å². The number of anilines is 1. The molecule has 0 amide bonds. The molecule has 41 heavy (non-hydrogen) atoms. The number of ether oxygens (including phenoxy) is 1. The molecule has 0 radical (unpaired) electrons. The Bertz CT molecular complexity index is 1670. The summed E-state index contributed by atoms with van der Waals surface area (Å²) in [6.45, 7) is 1.50. The number of rotatable bonds is 8. The van der Waals surface area contributed by atoms with Gasteiger partial charge in [0.1, 0.15) is 11.4 Å². The van der Waals surface area contributed by atoms with Gasteiger partial charge in [0.2, 0.25) is 0 Å². The van der Waals surface area contributed by atoms with E-state index in [-0.39, 0.29) is 35.1 Å². The van der Waals surface area contributed by atoms with E-state index < -0.39 is 58.2 Å². The number of nitrogens with one attached hydrogen (secondary N) is 2. The Kier molecular flexibility index (Phi) is 8.15. The van der Waals surface area contributed by atoms with Gasteiger partial charge in [0.15, 0.2) is 5.82 Å². The minimum Gasteiger partial charge on any atom is -0.381 e. The molecule has 0 aliphatic heterocycles. The summed E-state index contributed by atoms with van der Waals surface area (Å²) in [5.74, 6) is -1.23. The van der Waals surface area contributed by atoms with Crippen LogP contribution in [0.2, 0.25) is 0 Å². The van der Waals surface area contributed by atoms with Gasteiger partial charge in [-0.25, -0.2) is 19.5 Å². The number of methoxy groups -OCH3 is 1. The Morgan fingerprint density at radius 1 is 1.05 bits per heavy atom. The van der Waals surface area contributed by atoms with Crippen molar-refractivity contribution in [1.82, 2.24) is 24.7 Å². The van der Waals surface area contributed by atoms with Crippen molar-refractivity contribution in [3.05, 3.63) is 80.6 Å². The van der Waals surface area contributed by atoms with Gasteiger partial charge in [-0.1, -0.05) is 0 Å². The van der Waals surface area contributed by atoms with Crippen LogP contribution < -0.4 is 16.4 Å². The highest BCUT2D eigenvalue weighted by atomic mass is 19.4. The lowest BCUT2D eigenvalue weighted by Crippen LogP contribution is -2.33. The fraction of sp³-hybridized carbons (Fsp3) is 0.320. The molecule has 2 N–H and O–H groups in total. The van der Waals surface area contributed by atoms with Gasteiger partial charge in [0, 0.05) is 31.7 Å². The van der Waals surface area contributed by atoms with Crippen LogP contribution in [0.5, 0.6) is 0 Å². The summed E-state index contributed by atoms with van der Waals surface area (Å²) in [6, 6.07) is 2.99. The topological polar surface area (TPSA) is 115 Å². The number of halogens is 7. The van der Waals surface area contributed by atoms with E-state index in [0.717, 1.165) is 12.3 Å². The van der Waals surface area contributed by atoms with E-state index in [4.69, 9.17) is 4.74 Å². The second-order valence-corrected chi connectivity index (χ2v) is 9.11. The molecule has 3 heterocycles. The van der Waals surface area contributed by atoms with Crippen molar-refractivity contribution in [2.24, 2.45) is 0 Å². The van der Waals surface area contributed by atoms with Crippen LogP contribution in [-0.4, -0.2) is 44.0 Å². The Morgan fingerprint density at radius 3 is 2.34 bits per heavy atom. The molecular formula is C25H21F7N6O3.